The van der Waals surface area contributed by atoms with Crippen LogP contribution in [0.25, 0.3) is 0 Å². The first kappa shape index (κ1) is 21.0. The molecular formula is C20H18Cl2N2O5. The molecule has 2 aromatic rings. The van der Waals surface area contributed by atoms with E-state index in [2.05, 4.69) is 5.32 Å². The number of carbonyl (C=O) groups excluding carboxylic acids is 3. The number of carbonyl (C=O) groups is 3. The predicted molar refractivity (Wildman–Crippen MR) is 110 cm³/mol. The van der Waals surface area contributed by atoms with E-state index < -0.39 is 24.4 Å². The lowest BCUT2D eigenvalue weighted by atomic mass is 10.1. The minimum atomic E-state index is -0.652. The fourth-order valence-corrected chi connectivity index (χ4v) is 3.38. The number of anilines is 2. The Bertz CT molecular complexity index is 950. The highest BCUT2D eigenvalue weighted by atomic mass is 35.5. The van der Waals surface area contributed by atoms with Gasteiger partial charge in [0.15, 0.2) is 6.61 Å². The number of hydrogen-bond acceptors (Lipinski definition) is 5. The second-order valence-corrected chi connectivity index (χ2v) is 7.23. The van der Waals surface area contributed by atoms with Gasteiger partial charge >= 0.3 is 5.97 Å². The number of nitrogens with zero attached hydrogens (tertiary/aromatic N) is 1. The van der Waals surface area contributed by atoms with Gasteiger partial charge in [0, 0.05) is 29.7 Å². The van der Waals surface area contributed by atoms with Crippen molar-refractivity contribution in [2.24, 2.45) is 5.92 Å². The quantitative estimate of drug-likeness (QED) is 0.699. The van der Waals surface area contributed by atoms with Crippen LogP contribution in [-0.4, -0.2) is 38.0 Å². The van der Waals surface area contributed by atoms with Crippen molar-refractivity contribution >= 4 is 52.4 Å². The van der Waals surface area contributed by atoms with Crippen LogP contribution in [0.3, 0.4) is 0 Å². The number of nitrogens with one attached hydrogen (secondary N) is 1. The highest BCUT2D eigenvalue weighted by Gasteiger charge is 2.36. The highest BCUT2D eigenvalue weighted by Crippen LogP contribution is 2.28. The monoisotopic (exact) mass is 436 g/mol. The van der Waals surface area contributed by atoms with Gasteiger partial charge in [-0.15, -0.1) is 0 Å². The predicted octanol–water partition coefficient (Wildman–Crippen LogP) is 3.54. The van der Waals surface area contributed by atoms with Gasteiger partial charge in [0.25, 0.3) is 5.91 Å². The Morgan fingerprint density at radius 3 is 2.72 bits per heavy atom. The summed E-state index contributed by atoms with van der Waals surface area (Å²) in [7, 11) is 1.54. The van der Waals surface area contributed by atoms with Gasteiger partial charge in [-0.25, -0.2) is 0 Å². The number of esters is 1. The van der Waals surface area contributed by atoms with Gasteiger partial charge < -0.3 is 19.7 Å². The summed E-state index contributed by atoms with van der Waals surface area (Å²) in [6.45, 7) is -0.308. The Balaban J connectivity index is 1.54. The van der Waals surface area contributed by atoms with Crippen molar-refractivity contribution in [1.82, 2.24) is 0 Å². The van der Waals surface area contributed by atoms with E-state index in [0.29, 0.717) is 22.1 Å². The molecular weight excluding hydrogens is 419 g/mol. The van der Waals surface area contributed by atoms with Crippen molar-refractivity contribution in [3.8, 4) is 5.75 Å². The molecule has 1 saturated heterocycles. The zero-order valence-electron chi connectivity index (χ0n) is 15.5. The summed E-state index contributed by atoms with van der Waals surface area (Å²) in [5.74, 6) is -1.39. The van der Waals surface area contributed by atoms with Gasteiger partial charge in [-0.05, 0) is 30.3 Å². The molecule has 0 radical (unpaired) electrons. The van der Waals surface area contributed by atoms with Gasteiger partial charge in [-0.2, -0.15) is 0 Å². The van der Waals surface area contributed by atoms with E-state index in [1.165, 1.54) is 18.1 Å². The topological polar surface area (TPSA) is 84.9 Å². The van der Waals surface area contributed by atoms with Crippen LogP contribution in [0, 0.1) is 5.92 Å². The van der Waals surface area contributed by atoms with Crippen molar-refractivity contribution < 1.29 is 23.9 Å². The molecule has 1 heterocycles. The summed E-state index contributed by atoms with van der Waals surface area (Å²) in [5.41, 5.74) is 0.997. The molecule has 0 bridgehead atoms. The van der Waals surface area contributed by atoms with E-state index in [-0.39, 0.29) is 23.9 Å². The maximum atomic E-state index is 12.3. The van der Waals surface area contributed by atoms with Crippen LogP contribution in [0.4, 0.5) is 11.4 Å². The fourth-order valence-electron chi connectivity index (χ4n) is 2.93. The maximum Gasteiger partial charge on any atom is 0.311 e. The first-order valence-electron chi connectivity index (χ1n) is 8.73. The molecule has 0 unspecified atom stereocenters. The molecule has 1 atom stereocenters. The normalized spacial score (nSPS) is 15.9. The lowest BCUT2D eigenvalue weighted by Gasteiger charge is -2.17. The number of methoxy groups -OCH3 is 1. The van der Waals surface area contributed by atoms with E-state index in [4.69, 9.17) is 32.7 Å². The lowest BCUT2D eigenvalue weighted by molar-refractivity contribution is -0.151. The summed E-state index contributed by atoms with van der Waals surface area (Å²) < 4.78 is 10.2. The molecule has 1 aliphatic heterocycles. The summed E-state index contributed by atoms with van der Waals surface area (Å²) >= 11 is 11.8. The van der Waals surface area contributed by atoms with Crippen LogP contribution < -0.4 is 15.0 Å². The minimum Gasteiger partial charge on any atom is -0.497 e. The Morgan fingerprint density at radius 2 is 2.00 bits per heavy atom. The molecule has 0 aromatic heterocycles. The molecule has 29 heavy (non-hydrogen) atoms. The molecule has 2 amide bonds. The van der Waals surface area contributed by atoms with Crippen molar-refractivity contribution in [2.75, 3.05) is 30.5 Å². The summed E-state index contributed by atoms with van der Waals surface area (Å²) in [6.07, 6.45) is 0.0146. The van der Waals surface area contributed by atoms with Crippen LogP contribution in [0.2, 0.25) is 10.0 Å². The summed E-state index contributed by atoms with van der Waals surface area (Å²) in [6, 6.07) is 11.6. The van der Waals surface area contributed by atoms with E-state index in [9.17, 15) is 14.4 Å². The first-order valence-corrected chi connectivity index (χ1v) is 9.49. The number of ether oxygens (including phenoxy) is 2. The number of benzene rings is 2. The number of halogens is 2. The second kappa shape index (κ2) is 9.15. The minimum absolute atomic E-state index is 0.0146. The average molecular weight is 437 g/mol. The lowest BCUT2D eigenvalue weighted by Crippen LogP contribution is -2.28. The molecule has 7 nitrogen and oxygen atoms in total. The van der Waals surface area contributed by atoms with Crippen LogP contribution in [0.5, 0.6) is 5.75 Å². The van der Waals surface area contributed by atoms with Crippen LogP contribution in [-0.2, 0) is 19.1 Å². The second-order valence-electron chi connectivity index (χ2n) is 6.39. The zero-order valence-corrected chi connectivity index (χ0v) is 17.0. The third kappa shape index (κ3) is 5.19. The van der Waals surface area contributed by atoms with Crippen LogP contribution >= 0.6 is 23.2 Å². The summed E-state index contributed by atoms with van der Waals surface area (Å²) in [4.78, 5) is 38.1. The molecule has 0 saturated carbocycles. The fraction of sp³-hybridized carbons (Fsp3) is 0.250. The van der Waals surface area contributed by atoms with E-state index in [1.807, 2.05) is 0 Å². The van der Waals surface area contributed by atoms with Gasteiger partial charge in [0.2, 0.25) is 5.91 Å². The van der Waals surface area contributed by atoms with Gasteiger partial charge in [-0.3, -0.25) is 14.4 Å². The van der Waals surface area contributed by atoms with Crippen molar-refractivity contribution in [3.63, 3.8) is 0 Å². The molecule has 1 aliphatic rings. The third-order valence-corrected chi connectivity index (χ3v) is 4.92. The Morgan fingerprint density at radius 1 is 1.21 bits per heavy atom. The maximum absolute atomic E-state index is 12.3. The third-order valence-electron chi connectivity index (χ3n) is 4.37. The standard InChI is InChI=1S/C20H18Cl2N2O5/c1-28-15-4-2-3-14(9-15)24-10-12(7-19(24)26)20(27)29-11-18(25)23-17-6-5-13(21)8-16(17)22/h2-6,8-9,12H,7,10-11H2,1H3,(H,23,25)/t12-/m0/s1. The van der Waals surface area contributed by atoms with Gasteiger partial charge in [0.1, 0.15) is 5.75 Å². The van der Waals surface area contributed by atoms with Crippen molar-refractivity contribution in [3.05, 3.63) is 52.5 Å². The van der Waals surface area contributed by atoms with Crippen LogP contribution in [0.15, 0.2) is 42.5 Å². The molecule has 152 valence electrons. The largest absolute Gasteiger partial charge is 0.497 e. The van der Waals surface area contributed by atoms with E-state index in [0.717, 1.165) is 0 Å². The molecule has 3 rings (SSSR count). The summed E-state index contributed by atoms with van der Waals surface area (Å²) in [5, 5.41) is 3.25. The average Bonchev–Trinajstić information content (AvgIpc) is 3.10. The Hall–Kier alpha value is -2.77. The SMILES string of the molecule is COc1cccc(N2C[C@@H](C(=O)OCC(=O)Nc3ccc(Cl)cc3Cl)CC2=O)c1. The molecule has 0 aliphatic carbocycles. The number of hydrogen-bond donors (Lipinski definition) is 1. The molecule has 1 fully saturated rings. The molecule has 0 spiro atoms. The number of rotatable bonds is 6. The molecule has 9 heteroatoms. The van der Waals surface area contributed by atoms with Gasteiger partial charge in [-0.1, -0.05) is 29.3 Å². The van der Waals surface area contributed by atoms with E-state index in [1.54, 1.807) is 36.4 Å². The number of amides is 2. The molecule has 1 N–H and O–H groups in total. The molecule has 2 aromatic carbocycles. The van der Waals surface area contributed by atoms with Crippen LogP contribution in [0.1, 0.15) is 6.42 Å². The zero-order chi connectivity index (χ0) is 21.0. The van der Waals surface area contributed by atoms with Crippen molar-refractivity contribution in [1.29, 1.82) is 0 Å². The first-order chi connectivity index (χ1) is 13.9. The van der Waals surface area contributed by atoms with E-state index >= 15 is 0 Å². The Kier molecular flexibility index (Phi) is 6.61. The smallest absolute Gasteiger partial charge is 0.311 e. The Labute approximate surface area is 177 Å². The van der Waals surface area contributed by atoms with Crippen molar-refractivity contribution in [2.45, 2.75) is 6.42 Å². The van der Waals surface area contributed by atoms with Gasteiger partial charge in [0.05, 0.1) is 23.7 Å². The highest BCUT2D eigenvalue weighted by molar-refractivity contribution is 6.36.